The van der Waals surface area contributed by atoms with Gasteiger partial charge in [-0.05, 0) is 55.7 Å². The summed E-state index contributed by atoms with van der Waals surface area (Å²) < 4.78 is 20.2. The van der Waals surface area contributed by atoms with Crippen LogP contribution in [0.3, 0.4) is 0 Å². The third-order valence-corrected chi connectivity index (χ3v) is 3.98. The van der Waals surface area contributed by atoms with Crippen LogP contribution in [0.25, 0.3) is 6.08 Å². The van der Waals surface area contributed by atoms with Crippen LogP contribution in [0.1, 0.15) is 35.9 Å². The number of benzene rings is 1. The number of ether oxygens (including phenoxy) is 1. The summed E-state index contributed by atoms with van der Waals surface area (Å²) in [5, 5.41) is 9.29. The molecule has 5 heteroatoms. The molecule has 0 atom stereocenters. The van der Waals surface area contributed by atoms with Crippen LogP contribution in [0.2, 0.25) is 0 Å². The summed E-state index contributed by atoms with van der Waals surface area (Å²) in [4.78, 5) is 12.2. The smallest absolute Gasteiger partial charge is 0.349 e. The first-order valence-electron chi connectivity index (χ1n) is 8.16. The predicted molar refractivity (Wildman–Crippen MR) is 94.0 cm³/mol. The highest BCUT2D eigenvalue weighted by atomic mass is 19.1. The van der Waals surface area contributed by atoms with Crippen LogP contribution in [0, 0.1) is 31.0 Å². The highest BCUT2D eigenvalue weighted by molar-refractivity contribution is 5.98. The van der Waals surface area contributed by atoms with Crippen LogP contribution in [0.5, 0.6) is 0 Å². The fourth-order valence-electron chi connectivity index (χ4n) is 2.64. The van der Waals surface area contributed by atoms with Gasteiger partial charge < -0.3 is 9.30 Å². The number of halogens is 1. The summed E-state index contributed by atoms with van der Waals surface area (Å²) in [5.74, 6) is -1.04. The van der Waals surface area contributed by atoms with Gasteiger partial charge >= 0.3 is 5.97 Å². The molecule has 1 aromatic heterocycles. The standard InChI is InChI=1S/C20H21FN2O2/c1-4-9-23-14(2)10-17(15(23)3)11-18(12-22)20(24)25-13-16-5-7-19(21)8-6-16/h5-8,10-11H,4,9,13H2,1-3H3/b18-11+. The summed E-state index contributed by atoms with van der Waals surface area (Å²) in [6.45, 7) is 6.95. The number of esters is 1. The van der Waals surface area contributed by atoms with E-state index in [0.717, 1.165) is 29.9 Å². The molecule has 2 rings (SSSR count). The molecule has 0 radical (unpaired) electrons. The molecule has 0 saturated carbocycles. The minimum atomic E-state index is -0.688. The number of nitrogens with zero attached hydrogens (tertiary/aromatic N) is 2. The van der Waals surface area contributed by atoms with Gasteiger partial charge in [-0.15, -0.1) is 0 Å². The van der Waals surface area contributed by atoms with Gasteiger partial charge in [0.15, 0.2) is 0 Å². The Bertz CT molecular complexity index is 827. The molecule has 0 amide bonds. The Labute approximate surface area is 147 Å². The highest BCUT2D eigenvalue weighted by Gasteiger charge is 2.14. The van der Waals surface area contributed by atoms with Gasteiger partial charge in [0, 0.05) is 17.9 Å². The second kappa shape index (κ2) is 8.29. The number of hydrogen-bond donors (Lipinski definition) is 0. The van der Waals surface area contributed by atoms with Gasteiger partial charge in [0.25, 0.3) is 0 Å². The molecule has 0 unspecified atom stereocenters. The molecule has 25 heavy (non-hydrogen) atoms. The maximum Gasteiger partial charge on any atom is 0.349 e. The van der Waals surface area contributed by atoms with Crippen molar-refractivity contribution in [1.82, 2.24) is 4.57 Å². The maximum absolute atomic E-state index is 12.9. The SMILES string of the molecule is CCCn1c(C)cc(/C=C(\C#N)C(=O)OCc2ccc(F)cc2)c1C. The van der Waals surface area contributed by atoms with E-state index < -0.39 is 5.97 Å². The first-order chi connectivity index (χ1) is 12.0. The van der Waals surface area contributed by atoms with Crippen molar-refractivity contribution in [2.24, 2.45) is 0 Å². The van der Waals surface area contributed by atoms with Crippen molar-refractivity contribution in [3.8, 4) is 6.07 Å². The average Bonchev–Trinajstić information content (AvgIpc) is 2.86. The largest absolute Gasteiger partial charge is 0.457 e. The van der Waals surface area contributed by atoms with E-state index in [1.54, 1.807) is 6.08 Å². The molecular formula is C20H21FN2O2. The number of hydrogen-bond acceptors (Lipinski definition) is 3. The topological polar surface area (TPSA) is 55.0 Å². The van der Waals surface area contributed by atoms with Crippen molar-refractivity contribution >= 4 is 12.0 Å². The molecule has 0 aliphatic carbocycles. The number of aromatic nitrogens is 1. The third-order valence-electron chi connectivity index (χ3n) is 3.98. The monoisotopic (exact) mass is 340 g/mol. The quantitative estimate of drug-likeness (QED) is 0.447. The number of carbonyl (C=O) groups excluding carboxylic acids is 1. The van der Waals surface area contributed by atoms with Gasteiger partial charge in [0.1, 0.15) is 24.1 Å². The van der Waals surface area contributed by atoms with Crippen LogP contribution in [0.4, 0.5) is 4.39 Å². The molecule has 0 fully saturated rings. The summed E-state index contributed by atoms with van der Waals surface area (Å²) >= 11 is 0. The molecular weight excluding hydrogens is 319 g/mol. The van der Waals surface area contributed by atoms with Crippen LogP contribution in [0.15, 0.2) is 35.9 Å². The van der Waals surface area contributed by atoms with Crippen molar-refractivity contribution in [1.29, 1.82) is 5.26 Å². The Balaban J connectivity index is 2.14. The molecule has 1 aromatic carbocycles. The zero-order chi connectivity index (χ0) is 18.4. The van der Waals surface area contributed by atoms with Crippen LogP contribution >= 0.6 is 0 Å². The average molecular weight is 340 g/mol. The zero-order valence-corrected chi connectivity index (χ0v) is 14.7. The van der Waals surface area contributed by atoms with Crippen molar-refractivity contribution in [2.75, 3.05) is 0 Å². The van der Waals surface area contributed by atoms with Gasteiger partial charge in [0.2, 0.25) is 0 Å². The molecule has 0 N–H and O–H groups in total. The lowest BCUT2D eigenvalue weighted by atomic mass is 10.1. The summed E-state index contributed by atoms with van der Waals surface area (Å²) in [5.41, 5.74) is 3.54. The van der Waals surface area contributed by atoms with E-state index in [2.05, 4.69) is 11.5 Å². The van der Waals surface area contributed by atoms with Gasteiger partial charge in [0.05, 0.1) is 0 Å². The highest BCUT2D eigenvalue weighted by Crippen LogP contribution is 2.19. The van der Waals surface area contributed by atoms with Crippen molar-refractivity contribution in [3.05, 3.63) is 64.2 Å². The van der Waals surface area contributed by atoms with E-state index in [9.17, 15) is 14.4 Å². The van der Waals surface area contributed by atoms with E-state index in [-0.39, 0.29) is 18.0 Å². The first-order valence-corrected chi connectivity index (χ1v) is 8.16. The summed E-state index contributed by atoms with van der Waals surface area (Å²) in [7, 11) is 0. The molecule has 0 saturated heterocycles. The van der Waals surface area contributed by atoms with E-state index >= 15 is 0 Å². The van der Waals surface area contributed by atoms with E-state index in [1.165, 1.54) is 24.3 Å². The molecule has 0 spiro atoms. The van der Waals surface area contributed by atoms with Crippen molar-refractivity contribution in [3.63, 3.8) is 0 Å². The minimum absolute atomic E-state index is 0.00695. The molecule has 0 bridgehead atoms. The lowest BCUT2D eigenvalue weighted by Gasteiger charge is -2.07. The second-order valence-corrected chi connectivity index (χ2v) is 5.85. The van der Waals surface area contributed by atoms with Crippen molar-refractivity contribution < 1.29 is 13.9 Å². The Morgan fingerprint density at radius 1 is 1.32 bits per heavy atom. The molecule has 0 aliphatic heterocycles. The lowest BCUT2D eigenvalue weighted by molar-refractivity contribution is -0.139. The van der Waals surface area contributed by atoms with Gasteiger partial charge in [-0.2, -0.15) is 5.26 Å². The number of rotatable bonds is 6. The number of carbonyl (C=O) groups is 1. The minimum Gasteiger partial charge on any atom is -0.457 e. The van der Waals surface area contributed by atoms with Crippen molar-refractivity contribution in [2.45, 2.75) is 40.3 Å². The van der Waals surface area contributed by atoms with Crippen LogP contribution in [-0.4, -0.2) is 10.5 Å². The number of nitriles is 1. The summed E-state index contributed by atoms with van der Waals surface area (Å²) in [6, 6.07) is 9.53. The lowest BCUT2D eigenvalue weighted by Crippen LogP contribution is -2.07. The molecule has 2 aromatic rings. The Kier molecular flexibility index (Phi) is 6.13. The van der Waals surface area contributed by atoms with Gasteiger partial charge in [-0.25, -0.2) is 9.18 Å². The molecule has 1 heterocycles. The Hall–Kier alpha value is -2.87. The normalized spacial score (nSPS) is 11.2. The van der Waals surface area contributed by atoms with E-state index in [4.69, 9.17) is 4.74 Å². The van der Waals surface area contributed by atoms with Gasteiger partial charge in [-0.3, -0.25) is 0 Å². The van der Waals surface area contributed by atoms with Gasteiger partial charge in [-0.1, -0.05) is 19.1 Å². The maximum atomic E-state index is 12.9. The predicted octanol–water partition coefficient (Wildman–Crippen LogP) is 4.30. The summed E-state index contributed by atoms with van der Waals surface area (Å²) in [6.07, 6.45) is 2.56. The van der Waals surface area contributed by atoms with E-state index in [0.29, 0.717) is 5.56 Å². The fraction of sp³-hybridized carbons (Fsp3) is 0.300. The Morgan fingerprint density at radius 3 is 2.60 bits per heavy atom. The first kappa shape index (κ1) is 18.5. The Morgan fingerprint density at radius 2 is 2.00 bits per heavy atom. The molecule has 4 nitrogen and oxygen atoms in total. The van der Waals surface area contributed by atoms with Crippen LogP contribution < -0.4 is 0 Å². The fourth-order valence-corrected chi connectivity index (χ4v) is 2.64. The molecule has 0 aliphatic rings. The number of aryl methyl sites for hydroxylation is 1. The van der Waals surface area contributed by atoms with E-state index in [1.807, 2.05) is 26.0 Å². The zero-order valence-electron chi connectivity index (χ0n) is 14.7. The third kappa shape index (κ3) is 4.57. The second-order valence-electron chi connectivity index (χ2n) is 5.85. The van der Waals surface area contributed by atoms with Crippen LogP contribution in [-0.2, 0) is 22.7 Å². The molecule has 130 valence electrons.